The van der Waals surface area contributed by atoms with Crippen LogP contribution in [0.2, 0.25) is 0 Å². The first-order valence-electron chi connectivity index (χ1n) is 28.0. The van der Waals surface area contributed by atoms with Crippen LogP contribution in [-0.2, 0) is 68.7 Å². The Hall–Kier alpha value is -10.2. The molecular weight excluding hydrogens is 1430 g/mol. The van der Waals surface area contributed by atoms with Gasteiger partial charge in [0.15, 0.2) is 69.6 Å². The standard InChI is InChI=1S/C19H20F5N7O3S.C18H20F3N7O3S.C17H16F5N7O3S/c1-6-35(33,34)11-7-8-13(30(4)17(32)29(2)3)26-14(11)16-25-10-9-12(18(20,21)19(22,23)24)27-28-15(10)31(16)5;1-6-32(30,31)11-7-8-13(27(4)17(29)26(2)3)23-14(11)16-22-10-9-12(18(19,20)21)24-25-15(10)28(16)5;1-28(2)15(30)25-11-6-5-9(33(4,31)32)12(24-11)14-23-8-7-10(16(18,19)17(20,21)22)26-27-13(8)29(14)3/h7-9H,6H2,1-5H3;7-9H,6H2,1-5H3;5-7H,1-4H3,(H,24,25,30). The summed E-state index contributed by atoms with van der Waals surface area (Å²) in [6.07, 6.45) is -15.6. The van der Waals surface area contributed by atoms with Gasteiger partial charge in [0.25, 0.3) is 0 Å². The number of carbonyl (C=O) groups excluding carboxylic acids is 3. The second-order valence-electron chi connectivity index (χ2n) is 21.9. The summed E-state index contributed by atoms with van der Waals surface area (Å²) >= 11 is 0. The molecule has 0 aromatic carbocycles. The number of hydrogen-bond donors (Lipinski definition) is 1. The molecule has 540 valence electrons. The van der Waals surface area contributed by atoms with Gasteiger partial charge >= 0.3 is 48.5 Å². The molecule has 0 aliphatic carbocycles. The fourth-order valence-corrected chi connectivity index (χ4v) is 11.5. The molecule has 1 N–H and O–H groups in total. The van der Waals surface area contributed by atoms with E-state index in [9.17, 15) is 96.7 Å². The van der Waals surface area contributed by atoms with E-state index in [2.05, 4.69) is 65.8 Å². The van der Waals surface area contributed by atoms with Gasteiger partial charge in [-0.15, -0.1) is 30.6 Å². The van der Waals surface area contributed by atoms with Crippen molar-refractivity contribution in [2.45, 2.75) is 58.9 Å². The number of alkyl halides is 13. The molecule has 6 amide bonds. The lowest BCUT2D eigenvalue weighted by molar-refractivity contribution is -0.291. The third kappa shape index (κ3) is 15.3. The monoisotopic (exact) mass is 1490 g/mol. The van der Waals surface area contributed by atoms with Crippen LogP contribution in [0.25, 0.3) is 68.0 Å². The fourth-order valence-electron chi connectivity index (χ4n) is 8.70. The number of aromatic nitrogens is 15. The molecule has 0 saturated heterocycles. The molecule has 0 spiro atoms. The first-order valence-corrected chi connectivity index (χ1v) is 33.2. The van der Waals surface area contributed by atoms with E-state index in [-0.39, 0.29) is 106 Å². The van der Waals surface area contributed by atoms with Gasteiger partial charge in [0.2, 0.25) is 0 Å². The van der Waals surface area contributed by atoms with Crippen molar-refractivity contribution >= 4 is 98.6 Å². The molecule has 0 bridgehead atoms. The molecule has 0 aliphatic rings. The van der Waals surface area contributed by atoms with Crippen LogP contribution in [-0.4, -0.2) is 219 Å². The van der Waals surface area contributed by atoms with Crippen molar-refractivity contribution in [2.75, 3.05) is 89.3 Å². The Labute approximate surface area is 557 Å². The number of amides is 6. The van der Waals surface area contributed by atoms with Crippen LogP contribution in [0.5, 0.6) is 0 Å². The number of imidazole rings is 3. The zero-order valence-electron chi connectivity index (χ0n) is 54.4. The largest absolute Gasteiger partial charge is 0.459 e. The van der Waals surface area contributed by atoms with Crippen molar-refractivity contribution in [1.82, 2.24) is 88.9 Å². The van der Waals surface area contributed by atoms with Crippen molar-refractivity contribution in [3.63, 3.8) is 0 Å². The zero-order valence-corrected chi connectivity index (χ0v) is 56.8. The number of urea groups is 3. The minimum absolute atomic E-state index is 0.0118. The topological polar surface area (TPSA) is 351 Å². The minimum Gasteiger partial charge on any atom is -0.331 e. The Kier molecular flexibility index (Phi) is 21.2. The van der Waals surface area contributed by atoms with Gasteiger partial charge in [-0.05, 0) is 48.5 Å². The summed E-state index contributed by atoms with van der Waals surface area (Å²) in [5, 5.41) is 22.1. The number of carbonyl (C=O) groups is 3. The molecule has 100 heavy (non-hydrogen) atoms. The molecule has 9 rings (SSSR count). The van der Waals surface area contributed by atoms with E-state index in [1.54, 1.807) is 0 Å². The van der Waals surface area contributed by atoms with Crippen LogP contribution in [0.4, 0.5) is 88.9 Å². The van der Waals surface area contributed by atoms with E-state index in [0.717, 1.165) is 32.4 Å². The number of halogens is 13. The van der Waals surface area contributed by atoms with Crippen LogP contribution >= 0.6 is 0 Å². The van der Waals surface area contributed by atoms with E-state index < -0.39 is 101 Å². The van der Waals surface area contributed by atoms with Crippen LogP contribution < -0.4 is 15.1 Å². The molecule has 0 radical (unpaired) electrons. The maximum Gasteiger partial charge on any atom is 0.459 e. The van der Waals surface area contributed by atoms with E-state index in [1.807, 2.05) is 0 Å². The van der Waals surface area contributed by atoms with E-state index in [4.69, 9.17) is 0 Å². The molecule has 30 nitrogen and oxygen atoms in total. The molecule has 9 aromatic rings. The smallest absolute Gasteiger partial charge is 0.331 e. The number of nitrogens with zero attached hydrogens (tertiary/aromatic N) is 20. The number of fused-ring (bicyclic) bond motifs is 3. The van der Waals surface area contributed by atoms with Crippen LogP contribution in [0.15, 0.2) is 69.3 Å². The second-order valence-corrected chi connectivity index (χ2v) is 28.4. The predicted octanol–water partition coefficient (Wildman–Crippen LogP) is 7.92. The van der Waals surface area contributed by atoms with Gasteiger partial charge < -0.3 is 28.4 Å². The summed E-state index contributed by atoms with van der Waals surface area (Å²) in [6, 6.07) is 7.66. The van der Waals surface area contributed by atoms with Gasteiger partial charge in [-0.2, -0.15) is 57.1 Å². The molecule has 0 atom stereocenters. The third-order valence-corrected chi connectivity index (χ3v) is 18.8. The molecule has 46 heteroatoms. The Morgan fingerprint density at radius 1 is 0.440 bits per heavy atom. The van der Waals surface area contributed by atoms with Gasteiger partial charge in [0.1, 0.15) is 62.5 Å². The lowest BCUT2D eigenvalue weighted by atomic mass is 10.2. The first kappa shape index (κ1) is 77.2. The predicted molar refractivity (Wildman–Crippen MR) is 330 cm³/mol. The van der Waals surface area contributed by atoms with Gasteiger partial charge in [0, 0.05) is 89.8 Å². The van der Waals surface area contributed by atoms with Crippen molar-refractivity contribution < 1.29 is 96.7 Å². The third-order valence-electron chi connectivity index (χ3n) is 14.2. The zero-order chi connectivity index (χ0) is 75.4. The molecule has 9 heterocycles. The Morgan fingerprint density at radius 3 is 1.06 bits per heavy atom. The molecule has 0 aliphatic heterocycles. The van der Waals surface area contributed by atoms with Gasteiger partial charge in [-0.3, -0.25) is 15.1 Å². The maximum atomic E-state index is 13.8. The summed E-state index contributed by atoms with van der Waals surface area (Å²) in [5.41, 5.74) is -6.49. The molecule has 0 saturated carbocycles. The lowest BCUT2D eigenvalue weighted by Gasteiger charge is -2.22. The van der Waals surface area contributed by atoms with Crippen molar-refractivity contribution in [3.05, 3.63) is 71.7 Å². The summed E-state index contributed by atoms with van der Waals surface area (Å²) in [6.45, 7) is 2.84. The second kappa shape index (κ2) is 27.5. The molecular formula is C54H56F13N21O9S3. The molecule has 0 unspecified atom stereocenters. The number of pyridine rings is 3. The van der Waals surface area contributed by atoms with Crippen molar-refractivity contribution in [3.8, 4) is 34.6 Å². The molecule has 9 aromatic heterocycles. The van der Waals surface area contributed by atoms with Crippen LogP contribution in [0, 0.1) is 0 Å². The Morgan fingerprint density at radius 2 is 0.760 bits per heavy atom. The molecule has 0 fully saturated rings. The Balaban J connectivity index is 0.000000211. The first-order chi connectivity index (χ1) is 45.8. The number of nitrogens with one attached hydrogen (secondary N) is 1. The van der Waals surface area contributed by atoms with Gasteiger partial charge in [-0.25, -0.2) is 69.5 Å². The average Bonchev–Trinajstić information content (AvgIpc) is 1.59. The highest BCUT2D eigenvalue weighted by molar-refractivity contribution is 7.92. The van der Waals surface area contributed by atoms with E-state index in [1.165, 1.54) is 146 Å². The average molecular weight is 1490 g/mol. The quantitative estimate of drug-likeness (QED) is 0.107. The van der Waals surface area contributed by atoms with Crippen LogP contribution in [0.3, 0.4) is 0 Å². The number of rotatable bonds is 13. The highest BCUT2D eigenvalue weighted by Gasteiger charge is 2.61. The number of anilines is 3. The maximum absolute atomic E-state index is 13.8. The summed E-state index contributed by atoms with van der Waals surface area (Å²) in [5.74, 6) is -11.5. The SMILES string of the molecule is CCS(=O)(=O)c1ccc(N(C)C(=O)N(C)C)nc1-c1nc2cc(C(F)(F)C(F)(F)F)nnc2n1C.CCS(=O)(=O)c1ccc(N(C)C(=O)N(C)C)nc1-c1nc2cc(C(F)(F)F)nnc2n1C.CN(C)C(=O)Nc1ccc(S(C)(=O)=O)c(-c2nc3cc(C(F)(F)C(F)(F)F)nnc3n2C)n1. The van der Waals surface area contributed by atoms with Crippen LogP contribution in [0.1, 0.15) is 30.9 Å². The van der Waals surface area contributed by atoms with Crippen molar-refractivity contribution in [2.24, 2.45) is 21.1 Å². The summed E-state index contributed by atoms with van der Waals surface area (Å²) in [7, 11) is 4.38. The van der Waals surface area contributed by atoms with Gasteiger partial charge in [-0.1, -0.05) is 13.8 Å². The number of sulfone groups is 3. The summed E-state index contributed by atoms with van der Waals surface area (Å²) < 4.78 is 249. The minimum atomic E-state index is -5.91. The summed E-state index contributed by atoms with van der Waals surface area (Å²) in [4.78, 5) is 66.8. The number of aryl methyl sites for hydroxylation is 3. The van der Waals surface area contributed by atoms with E-state index in [0.29, 0.717) is 12.1 Å². The Bertz CT molecular complexity index is 5050. The van der Waals surface area contributed by atoms with E-state index >= 15 is 0 Å². The fraction of sp³-hybridized carbons (Fsp3) is 0.389. The number of hydrogen-bond acceptors (Lipinski definition) is 21. The normalized spacial score (nSPS) is 12.6. The highest BCUT2D eigenvalue weighted by atomic mass is 32.2. The van der Waals surface area contributed by atoms with Gasteiger partial charge in [0.05, 0.1) is 26.2 Å². The van der Waals surface area contributed by atoms with Crippen molar-refractivity contribution in [1.29, 1.82) is 0 Å². The lowest BCUT2D eigenvalue weighted by Crippen LogP contribution is -2.36. The highest BCUT2D eigenvalue weighted by Crippen LogP contribution is 2.45.